The Hall–Kier alpha value is -6.37. The van der Waals surface area contributed by atoms with Crippen molar-refractivity contribution in [2.24, 2.45) is 0 Å². The molecule has 0 unspecified atom stereocenters. The number of hydrogen-bond donors (Lipinski definition) is 2. The van der Waals surface area contributed by atoms with Crippen LogP contribution in [0.2, 0.25) is 0 Å². The van der Waals surface area contributed by atoms with Crippen LogP contribution in [0.15, 0.2) is 97.1 Å². The average molecular weight is 617 g/mol. The topological polar surface area (TPSA) is 196 Å². The zero-order valence-electron chi connectivity index (χ0n) is 24.1. The van der Waals surface area contributed by atoms with Crippen molar-refractivity contribution in [1.82, 2.24) is 0 Å². The fraction of sp³-hybridized carbons (Fsp3) is 0.0938. The molecule has 0 spiro atoms. The second kappa shape index (κ2) is 17.6. The van der Waals surface area contributed by atoms with E-state index in [-0.39, 0.29) is 34.5 Å². The molecule has 0 fully saturated rings. The maximum Gasteiger partial charge on any atom is 0.336 e. The predicted octanol–water partition coefficient (Wildman–Crippen LogP) is 5.96. The Morgan fingerprint density at radius 2 is 1.16 bits per heavy atom. The van der Waals surface area contributed by atoms with Gasteiger partial charge in [0, 0.05) is 12.1 Å². The van der Waals surface area contributed by atoms with Gasteiger partial charge in [-0.2, -0.15) is 0 Å². The predicted molar refractivity (Wildman–Crippen MR) is 164 cm³/mol. The molecule has 13 nitrogen and oxygen atoms in total. The molecule has 232 valence electrons. The number of rotatable bonds is 10. The number of benzene rings is 4. The molecule has 0 heterocycles. The highest BCUT2D eigenvalue weighted by Crippen LogP contribution is 2.26. The molecule has 0 amide bonds. The summed E-state index contributed by atoms with van der Waals surface area (Å²) in [6, 6.07) is 25.2. The second-order valence-corrected chi connectivity index (χ2v) is 8.76. The molecule has 0 atom stereocenters. The summed E-state index contributed by atoms with van der Waals surface area (Å²) >= 11 is 0. The van der Waals surface area contributed by atoms with Crippen molar-refractivity contribution in [1.29, 1.82) is 0 Å². The highest BCUT2D eigenvalue weighted by atomic mass is 16.6. The number of nitro benzene ring substituents is 2. The second-order valence-electron chi connectivity index (χ2n) is 8.76. The van der Waals surface area contributed by atoms with Crippen molar-refractivity contribution in [3.05, 3.63) is 140 Å². The van der Waals surface area contributed by atoms with Gasteiger partial charge in [-0.15, -0.1) is 0 Å². The molecule has 45 heavy (non-hydrogen) atoms. The van der Waals surface area contributed by atoms with Gasteiger partial charge in [0.2, 0.25) is 0 Å². The number of ether oxygens (including phenoxy) is 2. The Balaban J connectivity index is 0.000000259. The number of carbonyl (C=O) groups excluding carboxylic acids is 1. The summed E-state index contributed by atoms with van der Waals surface area (Å²) in [6.45, 7) is 0. The number of methoxy groups -OCH3 is 2. The van der Waals surface area contributed by atoms with E-state index in [1.54, 1.807) is 67.8 Å². The Morgan fingerprint density at radius 3 is 1.56 bits per heavy atom. The fourth-order valence-corrected chi connectivity index (χ4v) is 3.64. The molecular weight excluding hydrogens is 588 g/mol. The maximum absolute atomic E-state index is 11.5. The first-order chi connectivity index (χ1) is 21.5. The lowest BCUT2D eigenvalue weighted by Gasteiger charge is -2.05. The summed E-state index contributed by atoms with van der Waals surface area (Å²) in [7, 11) is 3.09. The van der Waals surface area contributed by atoms with E-state index in [1.807, 2.05) is 0 Å². The number of aldehydes is 1. The van der Waals surface area contributed by atoms with E-state index in [0.717, 1.165) is 11.3 Å². The molecule has 0 aromatic heterocycles. The summed E-state index contributed by atoms with van der Waals surface area (Å²) in [5, 5.41) is 39.1. The molecule has 0 aliphatic carbocycles. The smallest absolute Gasteiger partial charge is 0.336 e. The minimum atomic E-state index is -1.16. The molecule has 4 rings (SSSR count). The summed E-state index contributed by atoms with van der Waals surface area (Å²) < 4.78 is 9.95. The van der Waals surface area contributed by atoms with E-state index < -0.39 is 21.8 Å². The summed E-state index contributed by atoms with van der Waals surface area (Å²) in [6.07, 6.45) is 1.82. The van der Waals surface area contributed by atoms with Crippen molar-refractivity contribution >= 4 is 41.2 Å². The third-order valence-corrected chi connectivity index (χ3v) is 5.84. The highest BCUT2D eigenvalue weighted by molar-refractivity contribution is 6.20. The van der Waals surface area contributed by atoms with E-state index in [0.29, 0.717) is 17.6 Å². The zero-order valence-corrected chi connectivity index (χ0v) is 24.1. The van der Waals surface area contributed by atoms with Gasteiger partial charge >= 0.3 is 11.9 Å². The molecule has 0 radical (unpaired) electrons. The summed E-state index contributed by atoms with van der Waals surface area (Å²) in [5.74, 6) is -0.646. The normalized spacial score (nSPS) is 10.1. The van der Waals surface area contributed by atoms with E-state index in [1.165, 1.54) is 49.6 Å². The lowest BCUT2D eigenvalue weighted by Crippen LogP contribution is -2.00. The van der Waals surface area contributed by atoms with E-state index >= 15 is 0 Å². The van der Waals surface area contributed by atoms with Gasteiger partial charge in [0.15, 0.2) is 6.29 Å². The minimum Gasteiger partial charge on any atom is -0.497 e. The first kappa shape index (κ1) is 34.8. The molecule has 0 aliphatic rings. The quantitative estimate of drug-likeness (QED) is 0.0701. The van der Waals surface area contributed by atoms with Crippen LogP contribution in [0.25, 0.3) is 11.6 Å². The van der Waals surface area contributed by atoms with Crippen molar-refractivity contribution < 1.29 is 43.9 Å². The molecule has 0 bridgehead atoms. The van der Waals surface area contributed by atoms with Crippen LogP contribution in [0, 0.1) is 20.2 Å². The van der Waals surface area contributed by atoms with Gasteiger partial charge in [-0.25, -0.2) is 4.79 Å². The molecule has 2 N–H and O–H groups in total. The number of nitrogens with zero attached hydrogens (tertiary/aromatic N) is 2. The largest absolute Gasteiger partial charge is 0.497 e. The van der Waals surface area contributed by atoms with Crippen LogP contribution >= 0.6 is 0 Å². The van der Waals surface area contributed by atoms with Gasteiger partial charge < -0.3 is 19.7 Å². The van der Waals surface area contributed by atoms with Gasteiger partial charge in [-0.1, -0.05) is 48.5 Å². The van der Waals surface area contributed by atoms with Crippen LogP contribution in [0.5, 0.6) is 11.5 Å². The van der Waals surface area contributed by atoms with Crippen molar-refractivity contribution in [2.45, 2.75) is 6.42 Å². The van der Waals surface area contributed by atoms with Crippen LogP contribution in [-0.4, -0.2) is 52.5 Å². The Kier molecular flexibility index (Phi) is 13.6. The Labute approximate surface area is 256 Å². The van der Waals surface area contributed by atoms with Crippen LogP contribution in [-0.2, 0) is 16.0 Å². The van der Waals surface area contributed by atoms with Crippen LogP contribution in [0.4, 0.5) is 11.4 Å². The molecule has 0 saturated heterocycles. The molecule has 0 aliphatic heterocycles. The molecular formula is C32H28N2O11. The number of carboxylic acids is 2. The number of para-hydroxylation sites is 2. The van der Waals surface area contributed by atoms with Gasteiger partial charge in [0.1, 0.15) is 11.5 Å². The van der Waals surface area contributed by atoms with Crippen molar-refractivity contribution in [2.75, 3.05) is 14.2 Å². The van der Waals surface area contributed by atoms with Gasteiger partial charge in [-0.3, -0.25) is 29.8 Å². The highest BCUT2D eigenvalue weighted by Gasteiger charge is 2.16. The molecule has 4 aromatic rings. The monoisotopic (exact) mass is 616 g/mol. The Morgan fingerprint density at radius 1 is 0.711 bits per heavy atom. The number of aliphatic carboxylic acids is 2. The first-order valence-electron chi connectivity index (χ1n) is 12.9. The zero-order chi connectivity index (χ0) is 33.4. The third kappa shape index (κ3) is 11.1. The van der Waals surface area contributed by atoms with Gasteiger partial charge in [0.05, 0.1) is 47.2 Å². The van der Waals surface area contributed by atoms with Crippen LogP contribution in [0.1, 0.15) is 27.0 Å². The standard InChI is InChI=1S/C16H13NO5.C9H10O3.C7H5NO3/c1-22-13-8-6-11(7-9-13)14(16(18)19)10-12-4-2-3-5-15(12)17(20)21;1-12-8-4-2-7(3-5-8)6-9(10)11;9-5-6-3-1-2-4-7(6)8(10)11/h2-10H,1H3,(H,18,19);2-5H,6H2,1H3,(H,10,11);1-5H/b14-10+;;. The van der Waals surface area contributed by atoms with E-state index in [2.05, 4.69) is 0 Å². The third-order valence-electron chi connectivity index (χ3n) is 5.84. The molecule has 13 heteroatoms. The lowest BCUT2D eigenvalue weighted by atomic mass is 10.0. The summed E-state index contributed by atoms with van der Waals surface area (Å²) in [5.41, 5.74) is 1.24. The van der Waals surface area contributed by atoms with Crippen LogP contribution < -0.4 is 9.47 Å². The lowest BCUT2D eigenvalue weighted by molar-refractivity contribution is -0.385. The van der Waals surface area contributed by atoms with Crippen LogP contribution in [0.3, 0.4) is 0 Å². The SMILES string of the molecule is COc1ccc(/C(=C\c2ccccc2[N+](=O)[O-])C(=O)O)cc1.COc1ccc(CC(=O)O)cc1.O=Cc1ccccc1[N+](=O)[O-]. The minimum absolute atomic E-state index is 0.0306. The van der Waals surface area contributed by atoms with Crippen molar-refractivity contribution in [3.63, 3.8) is 0 Å². The van der Waals surface area contributed by atoms with Gasteiger partial charge in [0.25, 0.3) is 11.4 Å². The van der Waals surface area contributed by atoms with E-state index in [9.17, 15) is 39.7 Å². The Bertz CT molecular complexity index is 1670. The number of carbonyl (C=O) groups is 3. The maximum atomic E-state index is 11.5. The number of carboxylic acid groups (broad SMARTS) is 2. The average Bonchev–Trinajstić information content (AvgIpc) is 3.04. The number of nitro groups is 2. The van der Waals surface area contributed by atoms with Gasteiger partial charge in [-0.05, 0) is 53.6 Å². The first-order valence-corrected chi connectivity index (χ1v) is 12.9. The molecule has 4 aromatic carbocycles. The fourth-order valence-electron chi connectivity index (χ4n) is 3.64. The van der Waals surface area contributed by atoms with E-state index in [4.69, 9.17) is 14.6 Å². The summed E-state index contributed by atoms with van der Waals surface area (Å²) in [4.78, 5) is 52.1. The number of hydrogen-bond acceptors (Lipinski definition) is 9. The van der Waals surface area contributed by atoms with Crippen molar-refractivity contribution in [3.8, 4) is 11.5 Å². The molecule has 0 saturated carbocycles.